The van der Waals surface area contributed by atoms with Gasteiger partial charge in [0.2, 0.25) is 11.8 Å². The van der Waals surface area contributed by atoms with Crippen molar-refractivity contribution in [2.24, 2.45) is 0 Å². The van der Waals surface area contributed by atoms with E-state index in [0.717, 1.165) is 0 Å². The maximum atomic E-state index is 12.1. The maximum absolute atomic E-state index is 12.1. The van der Waals surface area contributed by atoms with Crippen molar-refractivity contribution in [3.63, 3.8) is 0 Å². The van der Waals surface area contributed by atoms with E-state index in [2.05, 4.69) is 9.97 Å². The Morgan fingerprint density at radius 3 is 2.47 bits per heavy atom. The average molecular weight is 415 g/mol. The Kier molecular flexibility index (Phi) is 5.15. The number of oxazole rings is 1. The molecule has 160 valence electrons. The molecule has 0 atom stereocenters. The number of nitrogen functional groups attached to an aromatic ring is 1. The predicted octanol–water partition coefficient (Wildman–Crippen LogP) is 2.09. The van der Waals surface area contributed by atoms with Crippen molar-refractivity contribution in [2.75, 3.05) is 37.9 Å². The first-order valence-corrected chi connectivity index (χ1v) is 9.84. The number of fused-ring (bicyclic) bond motifs is 1. The van der Waals surface area contributed by atoms with Crippen LogP contribution < -0.4 is 25.9 Å². The molecule has 0 spiro atoms. The molecule has 1 aromatic carbocycles. The van der Waals surface area contributed by atoms with Gasteiger partial charge in [0.15, 0.2) is 17.3 Å². The normalized spacial score (nSPS) is 15.0. The lowest BCUT2D eigenvalue weighted by Gasteiger charge is -2.32. The Hall–Kier alpha value is -3.43. The molecule has 10 heteroatoms. The second kappa shape index (κ2) is 7.77. The van der Waals surface area contributed by atoms with Crippen molar-refractivity contribution in [1.82, 2.24) is 14.5 Å². The first-order chi connectivity index (χ1) is 14.5. The van der Waals surface area contributed by atoms with Crippen molar-refractivity contribution in [3.05, 3.63) is 28.4 Å². The number of aromatic nitrogens is 3. The molecule has 1 aliphatic heterocycles. The third-order valence-electron chi connectivity index (χ3n) is 5.54. The summed E-state index contributed by atoms with van der Waals surface area (Å²) in [5.74, 6) is 1.72. The van der Waals surface area contributed by atoms with Crippen LogP contribution in [-0.4, -0.2) is 47.0 Å². The summed E-state index contributed by atoms with van der Waals surface area (Å²) in [5, 5.41) is 11.0. The van der Waals surface area contributed by atoms with E-state index in [1.165, 1.54) is 4.57 Å². The van der Waals surface area contributed by atoms with Crippen LogP contribution in [-0.2, 0) is 6.42 Å². The Labute approximate surface area is 172 Å². The standard InChI is InChI=1S/C20H25N5O5/c1-4-14-18(26)25(20(27)30-14)11-5-7-24(8-6-11)19-22-13-10-16(29-3)15(28-2)9-12(13)17(21)23-19/h9-11,26H,4-8H2,1-3H3,(H2,21,22,23). The van der Waals surface area contributed by atoms with E-state index < -0.39 is 5.76 Å². The van der Waals surface area contributed by atoms with Gasteiger partial charge in [-0.05, 0) is 18.9 Å². The van der Waals surface area contributed by atoms with E-state index in [1.807, 2.05) is 11.8 Å². The highest BCUT2D eigenvalue weighted by Gasteiger charge is 2.28. The second-order valence-electron chi connectivity index (χ2n) is 7.19. The van der Waals surface area contributed by atoms with Crippen LogP contribution in [0, 0.1) is 0 Å². The minimum absolute atomic E-state index is 0.0757. The van der Waals surface area contributed by atoms with Gasteiger partial charge in [-0.25, -0.2) is 14.3 Å². The van der Waals surface area contributed by atoms with Gasteiger partial charge in [-0.2, -0.15) is 4.98 Å². The lowest BCUT2D eigenvalue weighted by atomic mass is 10.1. The smallest absolute Gasteiger partial charge is 0.422 e. The fourth-order valence-corrected chi connectivity index (χ4v) is 3.91. The van der Waals surface area contributed by atoms with Crippen LogP contribution in [0.3, 0.4) is 0 Å². The van der Waals surface area contributed by atoms with E-state index in [0.29, 0.717) is 72.3 Å². The van der Waals surface area contributed by atoms with Gasteiger partial charge in [-0.15, -0.1) is 0 Å². The first-order valence-electron chi connectivity index (χ1n) is 9.84. The molecule has 3 aromatic rings. The molecule has 1 aliphatic rings. The molecular formula is C20H25N5O5. The molecule has 0 aliphatic carbocycles. The summed E-state index contributed by atoms with van der Waals surface area (Å²) in [7, 11) is 3.13. The number of aromatic hydroxyl groups is 1. The van der Waals surface area contributed by atoms with Gasteiger partial charge < -0.3 is 29.6 Å². The summed E-state index contributed by atoms with van der Waals surface area (Å²) in [4.78, 5) is 23.3. The Balaban J connectivity index is 1.59. The second-order valence-corrected chi connectivity index (χ2v) is 7.19. The molecule has 30 heavy (non-hydrogen) atoms. The molecular weight excluding hydrogens is 390 g/mol. The molecule has 0 radical (unpaired) electrons. The Morgan fingerprint density at radius 1 is 1.20 bits per heavy atom. The van der Waals surface area contributed by atoms with E-state index in [4.69, 9.17) is 19.6 Å². The van der Waals surface area contributed by atoms with Crippen molar-refractivity contribution in [1.29, 1.82) is 0 Å². The van der Waals surface area contributed by atoms with E-state index in [1.54, 1.807) is 26.4 Å². The summed E-state index contributed by atoms with van der Waals surface area (Å²) in [6.45, 7) is 3.06. The highest BCUT2D eigenvalue weighted by Crippen LogP contribution is 2.35. The number of benzene rings is 1. The fourth-order valence-electron chi connectivity index (χ4n) is 3.91. The zero-order valence-electron chi connectivity index (χ0n) is 17.2. The van der Waals surface area contributed by atoms with E-state index >= 15 is 0 Å². The van der Waals surface area contributed by atoms with Crippen LogP contribution >= 0.6 is 0 Å². The minimum atomic E-state index is -0.518. The van der Waals surface area contributed by atoms with E-state index in [9.17, 15) is 9.90 Å². The number of nitrogens with zero attached hydrogens (tertiary/aromatic N) is 4. The number of anilines is 2. The van der Waals surface area contributed by atoms with Crippen LogP contribution in [0.1, 0.15) is 31.6 Å². The molecule has 1 fully saturated rings. The predicted molar refractivity (Wildman–Crippen MR) is 112 cm³/mol. The van der Waals surface area contributed by atoms with Crippen LogP contribution in [0.4, 0.5) is 11.8 Å². The van der Waals surface area contributed by atoms with Gasteiger partial charge in [0.25, 0.3) is 0 Å². The number of hydrogen-bond acceptors (Lipinski definition) is 9. The molecule has 0 amide bonds. The quantitative estimate of drug-likeness (QED) is 0.643. The summed E-state index contributed by atoms with van der Waals surface area (Å²) in [5.41, 5.74) is 6.85. The number of hydrogen-bond donors (Lipinski definition) is 2. The first kappa shape index (κ1) is 19.9. The van der Waals surface area contributed by atoms with Gasteiger partial charge in [0.05, 0.1) is 19.7 Å². The van der Waals surface area contributed by atoms with E-state index in [-0.39, 0.29) is 11.9 Å². The number of ether oxygens (including phenoxy) is 2. The van der Waals surface area contributed by atoms with Gasteiger partial charge in [0, 0.05) is 37.0 Å². The third-order valence-corrected chi connectivity index (χ3v) is 5.54. The van der Waals surface area contributed by atoms with Gasteiger partial charge in [-0.3, -0.25) is 0 Å². The molecule has 0 bridgehead atoms. The molecule has 0 saturated carbocycles. The molecule has 0 unspecified atom stereocenters. The summed E-state index contributed by atoms with van der Waals surface area (Å²) >= 11 is 0. The van der Waals surface area contributed by atoms with Crippen LogP contribution in [0.25, 0.3) is 10.9 Å². The Bertz CT molecular complexity index is 1130. The average Bonchev–Trinajstić information content (AvgIpc) is 3.06. The number of piperidine rings is 1. The zero-order valence-corrected chi connectivity index (χ0v) is 17.2. The van der Waals surface area contributed by atoms with Crippen molar-refractivity contribution >= 4 is 22.7 Å². The molecule has 4 rings (SSSR count). The van der Waals surface area contributed by atoms with Gasteiger partial charge >= 0.3 is 5.76 Å². The van der Waals surface area contributed by atoms with Crippen LogP contribution in [0.15, 0.2) is 21.3 Å². The fraction of sp³-hybridized carbons (Fsp3) is 0.450. The molecule has 3 heterocycles. The van der Waals surface area contributed by atoms with Gasteiger partial charge in [-0.1, -0.05) is 6.92 Å². The molecule has 3 N–H and O–H groups in total. The summed E-state index contributed by atoms with van der Waals surface area (Å²) in [6.07, 6.45) is 1.75. The van der Waals surface area contributed by atoms with Gasteiger partial charge in [0.1, 0.15) is 5.82 Å². The maximum Gasteiger partial charge on any atom is 0.422 e. The zero-order chi connectivity index (χ0) is 21.4. The lowest BCUT2D eigenvalue weighted by Crippen LogP contribution is -2.37. The highest BCUT2D eigenvalue weighted by molar-refractivity contribution is 5.91. The van der Waals surface area contributed by atoms with Crippen LogP contribution in [0.2, 0.25) is 0 Å². The summed E-state index contributed by atoms with van der Waals surface area (Å²) in [6, 6.07) is 3.40. The number of nitrogens with two attached hydrogens (primary N) is 1. The number of aryl methyl sites for hydroxylation is 1. The SMILES string of the molecule is CCc1oc(=O)n(C2CCN(c3nc(N)c4cc(OC)c(OC)cc4n3)CC2)c1O. The van der Waals surface area contributed by atoms with Crippen molar-refractivity contribution < 1.29 is 19.0 Å². The summed E-state index contributed by atoms with van der Waals surface area (Å²) < 4.78 is 17.2. The minimum Gasteiger partial charge on any atom is -0.493 e. The third kappa shape index (κ3) is 3.27. The number of rotatable bonds is 5. The van der Waals surface area contributed by atoms with Crippen molar-refractivity contribution in [2.45, 2.75) is 32.2 Å². The molecule has 2 aromatic heterocycles. The van der Waals surface area contributed by atoms with Crippen molar-refractivity contribution in [3.8, 4) is 17.4 Å². The largest absolute Gasteiger partial charge is 0.493 e. The van der Waals surface area contributed by atoms with Crippen LogP contribution in [0.5, 0.6) is 17.4 Å². The highest BCUT2D eigenvalue weighted by atomic mass is 16.5. The molecule has 10 nitrogen and oxygen atoms in total. The number of methoxy groups -OCH3 is 2. The Morgan fingerprint density at radius 2 is 1.87 bits per heavy atom. The topological polar surface area (TPSA) is 129 Å². The molecule has 1 saturated heterocycles. The monoisotopic (exact) mass is 415 g/mol. The lowest BCUT2D eigenvalue weighted by molar-refractivity contribution is 0.324.